The third-order valence-corrected chi connectivity index (χ3v) is 6.66. The zero-order chi connectivity index (χ0) is 19.0. The summed E-state index contributed by atoms with van der Waals surface area (Å²) in [5.74, 6) is 1.65. The van der Waals surface area contributed by atoms with E-state index in [0.717, 1.165) is 65.6 Å². The second-order valence-corrected chi connectivity index (χ2v) is 8.73. The molecule has 0 amide bonds. The molecule has 1 N–H and O–H groups in total. The Bertz CT molecular complexity index is 951. The maximum Gasteiger partial charge on any atom is 0.138 e. The maximum absolute atomic E-state index is 12.0. The van der Waals surface area contributed by atoms with E-state index in [1.807, 2.05) is 12.3 Å². The van der Waals surface area contributed by atoms with Crippen LogP contribution in [0.1, 0.15) is 76.8 Å². The number of aliphatic hydroxyl groups is 1. The van der Waals surface area contributed by atoms with Gasteiger partial charge in [-0.2, -0.15) is 0 Å². The van der Waals surface area contributed by atoms with Crippen LogP contribution in [-0.4, -0.2) is 25.4 Å². The molecule has 0 saturated heterocycles. The average molecular weight is 386 g/mol. The summed E-state index contributed by atoms with van der Waals surface area (Å²) >= 11 is 1.68. The van der Waals surface area contributed by atoms with Gasteiger partial charge in [0, 0.05) is 18.9 Å². The Morgan fingerprint density at radius 2 is 2.11 bits per heavy atom. The van der Waals surface area contributed by atoms with Crippen LogP contribution in [0.2, 0.25) is 0 Å². The van der Waals surface area contributed by atoms with Crippen LogP contribution in [0.15, 0.2) is 17.6 Å². The molecule has 1 aliphatic rings. The lowest BCUT2D eigenvalue weighted by Crippen LogP contribution is -2.22. The average Bonchev–Trinajstić information content (AvgIpc) is 3.26. The van der Waals surface area contributed by atoms with Crippen LogP contribution >= 0.6 is 11.3 Å². The van der Waals surface area contributed by atoms with Gasteiger partial charge < -0.3 is 9.67 Å². The molecular weight excluding hydrogens is 358 g/mol. The summed E-state index contributed by atoms with van der Waals surface area (Å²) in [6.07, 6.45) is 7.79. The fourth-order valence-electron chi connectivity index (χ4n) is 4.47. The lowest BCUT2D eigenvalue weighted by atomic mass is 9.82. The van der Waals surface area contributed by atoms with Gasteiger partial charge in [-0.15, -0.1) is 11.3 Å². The number of ketones is 1. The number of pyridine rings is 1. The van der Waals surface area contributed by atoms with E-state index in [4.69, 9.17) is 4.98 Å². The molecule has 1 saturated carbocycles. The minimum atomic E-state index is -0.615. The summed E-state index contributed by atoms with van der Waals surface area (Å²) in [5.41, 5.74) is 2.96. The Labute approximate surface area is 163 Å². The molecule has 1 fully saturated rings. The van der Waals surface area contributed by atoms with Crippen molar-refractivity contribution < 1.29 is 9.90 Å². The van der Waals surface area contributed by atoms with E-state index in [1.165, 1.54) is 0 Å². The molecule has 0 unspecified atom stereocenters. The molecule has 0 bridgehead atoms. The number of hydrogen-bond donors (Lipinski definition) is 1. The molecule has 5 nitrogen and oxygen atoms in total. The van der Waals surface area contributed by atoms with Gasteiger partial charge in [0.05, 0.1) is 21.9 Å². The second kappa shape index (κ2) is 7.68. The van der Waals surface area contributed by atoms with Gasteiger partial charge in [-0.1, -0.05) is 6.92 Å². The molecule has 0 aliphatic heterocycles. The van der Waals surface area contributed by atoms with Crippen molar-refractivity contribution in [2.45, 2.75) is 70.9 Å². The highest BCUT2D eigenvalue weighted by Gasteiger charge is 2.28. The standard InChI is InChI=1S/C21H27N3O2S/c1-3-4-16(26)11-14-5-7-15(8-6-14)24-19-18(23-21(24)13(2)25)12-22-17-9-10-27-20(17)19/h9-10,12-15,25H,3-8,11H2,1-2H3/t13-,14?,15?/m1/s1. The molecule has 1 atom stereocenters. The van der Waals surface area contributed by atoms with Gasteiger partial charge in [0.15, 0.2) is 0 Å². The number of carbonyl (C=O) groups excluding carboxylic acids is 1. The Morgan fingerprint density at radius 3 is 2.81 bits per heavy atom. The lowest BCUT2D eigenvalue weighted by Gasteiger charge is -2.31. The number of Topliss-reactive ketones (excluding diaryl/α,β-unsaturated/α-hetero) is 1. The van der Waals surface area contributed by atoms with Crippen molar-refractivity contribution in [3.05, 3.63) is 23.5 Å². The first-order valence-corrected chi connectivity index (χ1v) is 10.9. The van der Waals surface area contributed by atoms with Crippen LogP contribution in [0.5, 0.6) is 0 Å². The molecule has 0 spiro atoms. The first-order chi connectivity index (χ1) is 13.1. The Balaban J connectivity index is 1.64. The fraction of sp³-hybridized carbons (Fsp3) is 0.571. The number of imidazole rings is 1. The van der Waals surface area contributed by atoms with Crippen molar-refractivity contribution in [3.63, 3.8) is 0 Å². The van der Waals surface area contributed by atoms with E-state index in [-0.39, 0.29) is 0 Å². The molecule has 144 valence electrons. The summed E-state index contributed by atoms with van der Waals surface area (Å²) in [5, 5.41) is 12.4. The van der Waals surface area contributed by atoms with Gasteiger partial charge in [-0.25, -0.2) is 4.98 Å². The van der Waals surface area contributed by atoms with E-state index in [0.29, 0.717) is 24.2 Å². The summed E-state index contributed by atoms with van der Waals surface area (Å²) in [6, 6.07) is 2.36. The zero-order valence-corrected chi connectivity index (χ0v) is 16.8. The topological polar surface area (TPSA) is 68.0 Å². The number of nitrogens with zero attached hydrogens (tertiary/aromatic N) is 3. The minimum absolute atomic E-state index is 0.324. The SMILES string of the molecule is CCCC(=O)CC1CCC(n2c([C@@H](C)O)nc3cnc4ccsc4c32)CC1. The van der Waals surface area contributed by atoms with Crippen LogP contribution in [0.4, 0.5) is 0 Å². The molecule has 3 aromatic heterocycles. The summed E-state index contributed by atoms with van der Waals surface area (Å²) < 4.78 is 3.41. The number of hydrogen-bond acceptors (Lipinski definition) is 5. The van der Waals surface area contributed by atoms with Gasteiger partial charge >= 0.3 is 0 Å². The number of carbonyl (C=O) groups is 1. The molecule has 27 heavy (non-hydrogen) atoms. The van der Waals surface area contributed by atoms with Gasteiger partial charge in [-0.3, -0.25) is 9.78 Å². The highest BCUT2D eigenvalue weighted by Crippen LogP contribution is 2.40. The lowest BCUT2D eigenvalue weighted by molar-refractivity contribution is -0.120. The van der Waals surface area contributed by atoms with Crippen molar-refractivity contribution in [2.75, 3.05) is 0 Å². The van der Waals surface area contributed by atoms with E-state index in [2.05, 4.69) is 21.9 Å². The van der Waals surface area contributed by atoms with Gasteiger partial charge in [-0.05, 0) is 56.4 Å². The van der Waals surface area contributed by atoms with Crippen molar-refractivity contribution >= 4 is 38.4 Å². The number of rotatable bonds is 6. The van der Waals surface area contributed by atoms with Crippen molar-refractivity contribution in [1.82, 2.24) is 14.5 Å². The van der Waals surface area contributed by atoms with Crippen molar-refractivity contribution in [3.8, 4) is 0 Å². The first kappa shape index (κ1) is 18.6. The predicted octanol–water partition coefficient (Wildman–Crippen LogP) is 5.19. The molecule has 3 heterocycles. The Hall–Kier alpha value is -1.79. The van der Waals surface area contributed by atoms with Crippen molar-refractivity contribution in [1.29, 1.82) is 0 Å². The largest absolute Gasteiger partial charge is 0.385 e. The van der Waals surface area contributed by atoms with Crippen LogP contribution in [0.25, 0.3) is 21.3 Å². The van der Waals surface area contributed by atoms with Gasteiger partial charge in [0.1, 0.15) is 23.2 Å². The highest BCUT2D eigenvalue weighted by atomic mass is 32.1. The summed E-state index contributed by atoms with van der Waals surface area (Å²) in [7, 11) is 0. The van der Waals surface area contributed by atoms with Gasteiger partial charge in [0.25, 0.3) is 0 Å². The Morgan fingerprint density at radius 1 is 1.33 bits per heavy atom. The van der Waals surface area contributed by atoms with Crippen LogP contribution in [0, 0.1) is 5.92 Å². The molecule has 1 aliphatic carbocycles. The van der Waals surface area contributed by atoms with Crippen LogP contribution in [0.3, 0.4) is 0 Å². The monoisotopic (exact) mass is 385 g/mol. The molecule has 0 radical (unpaired) electrons. The van der Waals surface area contributed by atoms with E-state index in [9.17, 15) is 9.90 Å². The predicted molar refractivity (Wildman–Crippen MR) is 109 cm³/mol. The molecule has 3 aromatic rings. The number of thiophene rings is 1. The van der Waals surface area contributed by atoms with Crippen LogP contribution in [-0.2, 0) is 4.79 Å². The van der Waals surface area contributed by atoms with Crippen LogP contribution < -0.4 is 0 Å². The minimum Gasteiger partial charge on any atom is -0.385 e. The number of fused-ring (bicyclic) bond motifs is 3. The smallest absolute Gasteiger partial charge is 0.138 e. The third kappa shape index (κ3) is 3.52. The normalized spacial score (nSPS) is 21.7. The Kier molecular flexibility index (Phi) is 5.28. The van der Waals surface area contributed by atoms with Crippen molar-refractivity contribution in [2.24, 2.45) is 5.92 Å². The fourth-order valence-corrected chi connectivity index (χ4v) is 5.36. The second-order valence-electron chi connectivity index (χ2n) is 7.81. The molecule has 4 rings (SSSR count). The molecular formula is C21H27N3O2S. The maximum atomic E-state index is 12.0. The van der Waals surface area contributed by atoms with E-state index >= 15 is 0 Å². The van der Waals surface area contributed by atoms with E-state index in [1.54, 1.807) is 18.3 Å². The van der Waals surface area contributed by atoms with Gasteiger partial charge in [0.2, 0.25) is 0 Å². The van der Waals surface area contributed by atoms with E-state index < -0.39 is 6.10 Å². The highest BCUT2D eigenvalue weighted by molar-refractivity contribution is 7.18. The molecule has 6 heteroatoms. The molecule has 0 aromatic carbocycles. The quantitative estimate of drug-likeness (QED) is 0.634. The number of aliphatic hydroxyl groups excluding tert-OH is 1. The third-order valence-electron chi connectivity index (χ3n) is 5.75. The zero-order valence-electron chi connectivity index (χ0n) is 16.0. The number of aromatic nitrogens is 3. The summed E-state index contributed by atoms with van der Waals surface area (Å²) in [6.45, 7) is 3.85. The first-order valence-electron chi connectivity index (χ1n) is 10.0. The summed E-state index contributed by atoms with van der Waals surface area (Å²) in [4.78, 5) is 21.2.